The minimum Gasteiger partial charge on any atom is -0.479 e. The van der Waals surface area contributed by atoms with Gasteiger partial charge in [-0.15, -0.1) is 0 Å². The first-order chi connectivity index (χ1) is 18.4. The second-order valence-corrected chi connectivity index (χ2v) is 12.9. The van der Waals surface area contributed by atoms with Crippen molar-refractivity contribution in [3.8, 4) is 5.75 Å². The molecule has 210 valence electrons. The lowest BCUT2D eigenvalue weighted by atomic mass is 9.39. The van der Waals surface area contributed by atoms with E-state index < -0.39 is 54.0 Å². The summed E-state index contributed by atoms with van der Waals surface area (Å²) >= 11 is 0. The van der Waals surface area contributed by atoms with Gasteiger partial charge in [0.25, 0.3) is 0 Å². The fraction of sp³-hybridized carbons (Fsp3) is 0.690. The van der Waals surface area contributed by atoms with Crippen LogP contribution in [0.5, 0.6) is 5.75 Å². The summed E-state index contributed by atoms with van der Waals surface area (Å²) in [6, 6.07) is 2.98. The molecule has 1 aromatic carbocycles. The van der Waals surface area contributed by atoms with E-state index in [2.05, 4.69) is 13.8 Å². The van der Waals surface area contributed by atoms with E-state index in [1.807, 2.05) is 13.8 Å². The number of ether oxygens (including phenoxy) is 2. The Labute approximate surface area is 228 Å². The van der Waals surface area contributed by atoms with Gasteiger partial charge in [-0.1, -0.05) is 33.8 Å². The SMILES string of the molecule is CC1C(=N)[C@@H]2C[C@@H](OC(=O)COc3ccc4c(c3F)B(O)OC4)[C@]3(C)[C@H](C)CC[C@]4(CCC(=O)[C@H]43)[C@@H](C)[C@@]12O. The summed E-state index contributed by atoms with van der Waals surface area (Å²) in [5, 5.41) is 30.7. The summed E-state index contributed by atoms with van der Waals surface area (Å²) in [5.41, 5.74) is -1.23. The number of hydrogen-bond donors (Lipinski definition) is 3. The molecular formula is C29H37BFNO7. The highest BCUT2D eigenvalue weighted by atomic mass is 19.1. The first kappa shape index (κ1) is 26.9. The van der Waals surface area contributed by atoms with Gasteiger partial charge in [0.05, 0.1) is 12.2 Å². The van der Waals surface area contributed by atoms with Gasteiger partial charge in [0.1, 0.15) is 11.9 Å². The van der Waals surface area contributed by atoms with Gasteiger partial charge in [0.15, 0.2) is 18.2 Å². The second kappa shape index (κ2) is 8.85. The Morgan fingerprint density at radius 3 is 2.77 bits per heavy atom. The molecule has 6 rings (SSSR count). The Morgan fingerprint density at radius 1 is 1.28 bits per heavy atom. The molecule has 2 bridgehead atoms. The number of fused-ring (bicyclic) bond motifs is 2. The van der Waals surface area contributed by atoms with Crippen LogP contribution in [0.2, 0.25) is 0 Å². The number of benzene rings is 1. The lowest BCUT2D eigenvalue weighted by Gasteiger charge is -2.67. The van der Waals surface area contributed by atoms with Gasteiger partial charge in [-0.05, 0) is 54.6 Å². The van der Waals surface area contributed by atoms with Crippen LogP contribution in [0.3, 0.4) is 0 Å². The average molecular weight is 541 g/mol. The van der Waals surface area contributed by atoms with E-state index in [4.69, 9.17) is 19.5 Å². The quantitative estimate of drug-likeness (QED) is 0.395. The maximum Gasteiger partial charge on any atom is 0.494 e. The summed E-state index contributed by atoms with van der Waals surface area (Å²) in [7, 11) is -1.39. The molecule has 0 amide bonds. The van der Waals surface area contributed by atoms with Crippen molar-refractivity contribution in [1.82, 2.24) is 0 Å². The molecule has 1 aromatic rings. The minimum absolute atomic E-state index is 0.00605. The minimum atomic E-state index is -1.39. The van der Waals surface area contributed by atoms with Crippen molar-refractivity contribution >= 4 is 30.0 Å². The van der Waals surface area contributed by atoms with Crippen LogP contribution in [-0.2, 0) is 25.6 Å². The molecule has 0 saturated heterocycles. The fourth-order valence-corrected chi connectivity index (χ4v) is 9.27. The number of Topliss-reactive ketones (excluding diaryl/α,β-unsaturated/α-hetero) is 1. The molecule has 4 fully saturated rings. The zero-order valence-electron chi connectivity index (χ0n) is 23.0. The number of carbonyl (C=O) groups excluding carboxylic acids is 2. The lowest BCUT2D eigenvalue weighted by molar-refractivity contribution is -0.231. The Kier molecular flexibility index (Phi) is 6.11. The highest BCUT2D eigenvalue weighted by Gasteiger charge is 2.73. The molecule has 0 spiro atoms. The van der Waals surface area contributed by atoms with Crippen molar-refractivity contribution < 1.29 is 38.2 Å². The Morgan fingerprint density at radius 2 is 2.03 bits per heavy atom. The van der Waals surface area contributed by atoms with E-state index in [1.54, 1.807) is 6.07 Å². The maximum atomic E-state index is 15.0. The molecule has 4 saturated carbocycles. The van der Waals surface area contributed by atoms with E-state index in [0.29, 0.717) is 24.1 Å². The molecule has 9 atom stereocenters. The van der Waals surface area contributed by atoms with E-state index in [9.17, 15) is 24.1 Å². The van der Waals surface area contributed by atoms with Crippen LogP contribution in [0.15, 0.2) is 12.1 Å². The van der Waals surface area contributed by atoms with Crippen LogP contribution in [0.25, 0.3) is 0 Å². The van der Waals surface area contributed by atoms with Gasteiger partial charge in [-0.3, -0.25) is 4.79 Å². The van der Waals surface area contributed by atoms with Gasteiger partial charge in [0.2, 0.25) is 0 Å². The van der Waals surface area contributed by atoms with Gasteiger partial charge in [-0.2, -0.15) is 0 Å². The van der Waals surface area contributed by atoms with Crippen molar-refractivity contribution in [2.45, 2.75) is 78.1 Å². The number of rotatable bonds is 4. The van der Waals surface area contributed by atoms with Gasteiger partial charge >= 0.3 is 13.1 Å². The first-order valence-corrected chi connectivity index (χ1v) is 14.1. The topological polar surface area (TPSA) is 126 Å². The number of nitrogens with one attached hydrogen (secondary N) is 1. The van der Waals surface area contributed by atoms with E-state index in [0.717, 1.165) is 12.8 Å². The van der Waals surface area contributed by atoms with Gasteiger partial charge < -0.3 is 29.7 Å². The standard InChI is InChI=1S/C29H37BFNO7/c1-14-7-9-28-10-8-19(33)26(28)27(14,4)21(11-18-25(32)15(2)29(18,35)16(28)3)39-22(34)13-37-20-6-5-17-12-38-30(36)23(17)24(20)31/h5-6,14-16,18,21,26,32,35-36H,7-13H2,1-4H3/t14-,15?,16-,18+,21-,26+,27+,28+,29+/m1/s1. The smallest absolute Gasteiger partial charge is 0.479 e. The number of ketones is 1. The summed E-state index contributed by atoms with van der Waals surface area (Å²) in [6.45, 7) is 7.62. The van der Waals surface area contributed by atoms with Gasteiger partial charge in [0, 0.05) is 40.8 Å². The molecule has 0 aromatic heterocycles. The Balaban J connectivity index is 1.30. The van der Waals surface area contributed by atoms with E-state index >= 15 is 0 Å². The molecule has 10 heteroatoms. The van der Waals surface area contributed by atoms with Crippen LogP contribution < -0.4 is 10.2 Å². The summed E-state index contributed by atoms with van der Waals surface area (Å²) in [4.78, 5) is 26.8. The normalized spacial score (nSPS) is 42.6. The lowest BCUT2D eigenvalue weighted by Crippen LogP contribution is -2.73. The van der Waals surface area contributed by atoms with Crippen molar-refractivity contribution in [2.75, 3.05) is 6.61 Å². The summed E-state index contributed by atoms with van der Waals surface area (Å²) < 4.78 is 31.6. The molecular weight excluding hydrogens is 504 g/mol. The number of halogens is 1. The predicted octanol–water partition coefficient (Wildman–Crippen LogP) is 2.79. The maximum absolute atomic E-state index is 15.0. The van der Waals surface area contributed by atoms with Crippen LogP contribution in [0.4, 0.5) is 4.39 Å². The van der Waals surface area contributed by atoms with E-state index in [-0.39, 0.29) is 53.7 Å². The molecule has 8 nitrogen and oxygen atoms in total. The third-order valence-electron chi connectivity index (χ3n) is 11.8. The zero-order chi connectivity index (χ0) is 28.1. The molecule has 1 heterocycles. The van der Waals surface area contributed by atoms with Gasteiger partial charge in [-0.25, -0.2) is 9.18 Å². The predicted molar refractivity (Wildman–Crippen MR) is 140 cm³/mol. The van der Waals surface area contributed by atoms with Crippen LogP contribution >= 0.6 is 0 Å². The molecule has 3 N–H and O–H groups in total. The van der Waals surface area contributed by atoms with Crippen LogP contribution in [-0.4, -0.2) is 53.0 Å². The summed E-state index contributed by atoms with van der Waals surface area (Å²) in [6.07, 6.45) is 2.37. The van der Waals surface area contributed by atoms with Crippen molar-refractivity contribution in [1.29, 1.82) is 5.41 Å². The number of carbonyl (C=O) groups is 2. The molecule has 39 heavy (non-hydrogen) atoms. The Hall–Kier alpha value is -2.30. The highest BCUT2D eigenvalue weighted by molar-refractivity contribution is 6.61. The molecule has 0 radical (unpaired) electrons. The van der Waals surface area contributed by atoms with Crippen LogP contribution in [0, 0.1) is 51.6 Å². The number of aliphatic hydroxyl groups is 1. The third kappa shape index (κ3) is 3.43. The average Bonchev–Trinajstić information content (AvgIpc) is 3.47. The van der Waals surface area contributed by atoms with Crippen molar-refractivity contribution in [3.05, 3.63) is 23.5 Å². The molecule has 4 aliphatic carbocycles. The molecule has 5 aliphatic rings. The first-order valence-electron chi connectivity index (χ1n) is 14.1. The third-order valence-corrected chi connectivity index (χ3v) is 11.8. The van der Waals surface area contributed by atoms with Crippen LogP contribution in [0.1, 0.15) is 65.4 Å². The highest BCUT2D eigenvalue weighted by Crippen LogP contribution is 2.70. The zero-order valence-corrected chi connectivity index (χ0v) is 23.0. The Bertz CT molecular complexity index is 1260. The van der Waals surface area contributed by atoms with E-state index in [1.165, 1.54) is 6.07 Å². The molecule has 1 aliphatic heterocycles. The fourth-order valence-electron chi connectivity index (χ4n) is 9.27. The second-order valence-electron chi connectivity index (χ2n) is 12.9. The number of esters is 1. The largest absolute Gasteiger partial charge is 0.494 e. The molecule has 1 unspecified atom stereocenters. The van der Waals surface area contributed by atoms with Crippen molar-refractivity contribution in [3.63, 3.8) is 0 Å². The van der Waals surface area contributed by atoms with Crippen molar-refractivity contribution in [2.24, 2.45) is 40.4 Å². The summed E-state index contributed by atoms with van der Waals surface area (Å²) in [5.74, 6) is -2.73. The monoisotopic (exact) mass is 541 g/mol. The number of hydrogen-bond acceptors (Lipinski definition) is 8.